The molecule has 0 aliphatic carbocycles. The van der Waals surface area contributed by atoms with E-state index in [2.05, 4.69) is 52.9 Å². The first-order chi connectivity index (χ1) is 10.7. The first-order valence-corrected chi connectivity index (χ1v) is 8.15. The third-order valence-corrected chi connectivity index (χ3v) is 4.01. The molecule has 130 valence electrons. The van der Waals surface area contributed by atoms with Gasteiger partial charge in [0.1, 0.15) is 0 Å². The van der Waals surface area contributed by atoms with Crippen LogP contribution in [0.2, 0.25) is 0 Å². The van der Waals surface area contributed by atoms with Crippen LogP contribution in [-0.2, 0) is 17.8 Å². The van der Waals surface area contributed by atoms with Crippen molar-refractivity contribution in [2.75, 3.05) is 39.4 Å². The Morgan fingerprint density at radius 1 is 1.22 bits per heavy atom. The summed E-state index contributed by atoms with van der Waals surface area (Å²) in [5.41, 5.74) is 8.57. The lowest BCUT2D eigenvalue weighted by Crippen LogP contribution is -2.37. The fraction of sp³-hybridized carbons (Fsp3) is 0.588. The van der Waals surface area contributed by atoms with E-state index < -0.39 is 0 Å². The quantitative estimate of drug-likeness (QED) is 0.426. The van der Waals surface area contributed by atoms with Gasteiger partial charge in [0, 0.05) is 32.7 Å². The maximum Gasteiger partial charge on any atom is 0.191 e. The molecule has 1 heterocycles. The number of guanidine groups is 1. The molecule has 0 amide bonds. The minimum atomic E-state index is 0. The van der Waals surface area contributed by atoms with E-state index in [1.807, 2.05) is 0 Å². The summed E-state index contributed by atoms with van der Waals surface area (Å²) in [6.45, 7) is 11.3. The highest BCUT2D eigenvalue weighted by Crippen LogP contribution is 2.11. The van der Waals surface area contributed by atoms with Crippen LogP contribution in [0, 0.1) is 0 Å². The molecule has 1 fully saturated rings. The van der Waals surface area contributed by atoms with E-state index in [-0.39, 0.29) is 24.0 Å². The fourth-order valence-corrected chi connectivity index (χ4v) is 2.66. The Morgan fingerprint density at radius 2 is 1.87 bits per heavy atom. The number of rotatable bonds is 6. The number of hydrogen-bond acceptors (Lipinski definition) is 3. The van der Waals surface area contributed by atoms with Crippen LogP contribution < -0.4 is 5.73 Å². The minimum absolute atomic E-state index is 0. The summed E-state index contributed by atoms with van der Waals surface area (Å²) in [6.07, 6.45) is 0. The Bertz CT molecular complexity index is 485. The number of halogens is 1. The van der Waals surface area contributed by atoms with Gasteiger partial charge in [-0.05, 0) is 25.0 Å². The molecule has 0 bridgehead atoms. The fourth-order valence-electron chi connectivity index (χ4n) is 2.66. The number of nitrogens with zero attached hydrogens (tertiary/aromatic N) is 3. The third kappa shape index (κ3) is 6.64. The molecule has 1 aliphatic rings. The molecule has 0 aromatic heterocycles. The molecule has 5 nitrogen and oxygen atoms in total. The van der Waals surface area contributed by atoms with Gasteiger partial charge in [-0.15, -0.1) is 24.0 Å². The van der Waals surface area contributed by atoms with Gasteiger partial charge in [0.15, 0.2) is 5.96 Å². The Labute approximate surface area is 156 Å². The standard InChI is InChI=1S/C17H28N4O.HI/c1-3-21(4-2)17(18)19-13-15-6-5-7-16(12-15)14-20-8-10-22-11-9-20;/h5-7,12H,3-4,8-11,13-14H2,1-2H3,(H2,18,19);1H. The van der Waals surface area contributed by atoms with Crippen molar-refractivity contribution >= 4 is 29.9 Å². The molecular weight excluding hydrogens is 403 g/mol. The Balaban J connectivity index is 0.00000264. The van der Waals surface area contributed by atoms with Crippen molar-refractivity contribution in [1.82, 2.24) is 9.80 Å². The molecule has 0 unspecified atom stereocenters. The lowest BCUT2D eigenvalue weighted by Gasteiger charge is -2.26. The number of benzene rings is 1. The minimum Gasteiger partial charge on any atom is -0.379 e. The van der Waals surface area contributed by atoms with Gasteiger partial charge < -0.3 is 15.4 Å². The van der Waals surface area contributed by atoms with E-state index in [1.54, 1.807) is 0 Å². The van der Waals surface area contributed by atoms with Gasteiger partial charge in [0.05, 0.1) is 19.8 Å². The van der Waals surface area contributed by atoms with Crippen LogP contribution in [0.5, 0.6) is 0 Å². The molecule has 2 rings (SSSR count). The van der Waals surface area contributed by atoms with Gasteiger partial charge in [-0.1, -0.05) is 24.3 Å². The normalized spacial score (nSPS) is 16.0. The number of morpholine rings is 1. The molecule has 0 radical (unpaired) electrons. The largest absolute Gasteiger partial charge is 0.379 e. The van der Waals surface area contributed by atoms with E-state index in [0.29, 0.717) is 12.5 Å². The van der Waals surface area contributed by atoms with Crippen LogP contribution in [-0.4, -0.2) is 55.2 Å². The average molecular weight is 432 g/mol. The van der Waals surface area contributed by atoms with Gasteiger partial charge in [0.25, 0.3) is 0 Å². The summed E-state index contributed by atoms with van der Waals surface area (Å²) < 4.78 is 5.39. The Hall–Kier alpha value is -0.860. The Morgan fingerprint density at radius 3 is 2.52 bits per heavy atom. The monoisotopic (exact) mass is 432 g/mol. The second-order valence-corrected chi connectivity index (χ2v) is 5.56. The maximum atomic E-state index is 6.03. The third-order valence-electron chi connectivity index (χ3n) is 4.01. The van der Waals surface area contributed by atoms with Crippen molar-refractivity contribution in [3.63, 3.8) is 0 Å². The molecule has 1 aromatic carbocycles. The Kier molecular flexibility index (Phi) is 9.50. The lowest BCUT2D eigenvalue weighted by molar-refractivity contribution is 0.0342. The van der Waals surface area contributed by atoms with Crippen LogP contribution in [0.15, 0.2) is 29.3 Å². The number of hydrogen-bond donors (Lipinski definition) is 1. The maximum absolute atomic E-state index is 6.03. The van der Waals surface area contributed by atoms with Gasteiger partial charge in [0.2, 0.25) is 0 Å². The van der Waals surface area contributed by atoms with Crippen molar-refractivity contribution < 1.29 is 4.74 Å². The number of aliphatic imine (C=N–C) groups is 1. The first-order valence-electron chi connectivity index (χ1n) is 8.15. The zero-order valence-electron chi connectivity index (χ0n) is 14.2. The highest BCUT2D eigenvalue weighted by Gasteiger charge is 2.10. The molecule has 6 heteroatoms. The molecule has 1 aliphatic heterocycles. The predicted molar refractivity (Wildman–Crippen MR) is 106 cm³/mol. The van der Waals surface area contributed by atoms with E-state index in [4.69, 9.17) is 10.5 Å². The zero-order chi connectivity index (χ0) is 15.8. The van der Waals surface area contributed by atoms with Crippen molar-refractivity contribution in [1.29, 1.82) is 0 Å². The van der Waals surface area contributed by atoms with E-state index in [9.17, 15) is 0 Å². The molecule has 0 atom stereocenters. The van der Waals surface area contributed by atoms with Gasteiger partial charge in [-0.3, -0.25) is 4.90 Å². The van der Waals surface area contributed by atoms with Crippen molar-refractivity contribution in [3.05, 3.63) is 35.4 Å². The summed E-state index contributed by atoms with van der Waals surface area (Å²) in [5.74, 6) is 0.628. The summed E-state index contributed by atoms with van der Waals surface area (Å²) in [4.78, 5) is 9.00. The summed E-state index contributed by atoms with van der Waals surface area (Å²) >= 11 is 0. The van der Waals surface area contributed by atoms with E-state index in [0.717, 1.165) is 45.9 Å². The lowest BCUT2D eigenvalue weighted by atomic mass is 10.1. The van der Waals surface area contributed by atoms with Crippen molar-refractivity contribution in [2.24, 2.45) is 10.7 Å². The average Bonchev–Trinajstić information content (AvgIpc) is 2.55. The summed E-state index contributed by atoms with van der Waals surface area (Å²) in [7, 11) is 0. The van der Waals surface area contributed by atoms with Crippen LogP contribution in [0.3, 0.4) is 0 Å². The molecule has 1 saturated heterocycles. The van der Waals surface area contributed by atoms with Gasteiger partial charge >= 0.3 is 0 Å². The van der Waals surface area contributed by atoms with Crippen molar-refractivity contribution in [3.8, 4) is 0 Å². The summed E-state index contributed by atoms with van der Waals surface area (Å²) in [5, 5.41) is 0. The SMILES string of the molecule is CCN(CC)C(N)=NCc1cccc(CN2CCOCC2)c1.I. The first kappa shape index (κ1) is 20.2. The molecular formula is C17H29IN4O. The van der Waals surface area contributed by atoms with Crippen LogP contribution in [0.25, 0.3) is 0 Å². The molecule has 1 aromatic rings. The second-order valence-electron chi connectivity index (χ2n) is 5.56. The van der Waals surface area contributed by atoms with Crippen LogP contribution in [0.4, 0.5) is 0 Å². The number of nitrogens with two attached hydrogens (primary N) is 1. The predicted octanol–water partition coefficient (Wildman–Crippen LogP) is 2.29. The second kappa shape index (κ2) is 10.8. The molecule has 2 N–H and O–H groups in total. The number of ether oxygens (including phenoxy) is 1. The zero-order valence-corrected chi connectivity index (χ0v) is 16.5. The highest BCUT2D eigenvalue weighted by atomic mass is 127. The molecule has 23 heavy (non-hydrogen) atoms. The molecule has 0 saturated carbocycles. The van der Waals surface area contributed by atoms with Crippen LogP contribution in [0.1, 0.15) is 25.0 Å². The highest BCUT2D eigenvalue weighted by molar-refractivity contribution is 14.0. The van der Waals surface area contributed by atoms with E-state index >= 15 is 0 Å². The van der Waals surface area contributed by atoms with Gasteiger partial charge in [-0.25, -0.2) is 4.99 Å². The van der Waals surface area contributed by atoms with Gasteiger partial charge in [-0.2, -0.15) is 0 Å². The van der Waals surface area contributed by atoms with Crippen LogP contribution >= 0.6 is 24.0 Å². The topological polar surface area (TPSA) is 54.1 Å². The van der Waals surface area contributed by atoms with Crippen molar-refractivity contribution in [2.45, 2.75) is 26.9 Å². The van der Waals surface area contributed by atoms with E-state index in [1.165, 1.54) is 11.1 Å². The summed E-state index contributed by atoms with van der Waals surface area (Å²) in [6, 6.07) is 8.63. The molecule has 0 spiro atoms. The smallest absolute Gasteiger partial charge is 0.191 e.